The van der Waals surface area contributed by atoms with Crippen LogP contribution in [0.15, 0.2) is 46.4 Å². The summed E-state index contributed by atoms with van der Waals surface area (Å²) in [5.41, 5.74) is 0.221. The molecule has 2 saturated heterocycles. The van der Waals surface area contributed by atoms with Crippen molar-refractivity contribution in [1.29, 1.82) is 0 Å². The summed E-state index contributed by atoms with van der Waals surface area (Å²) in [6, 6.07) is 7.77. The van der Waals surface area contributed by atoms with E-state index in [1.165, 1.54) is 29.2 Å². The largest absolute Gasteiger partial charge is 0.507 e. The standard InChI is InChI=1S/C23H25FN2O5/c1-15-3-8-18(31-15)20-19(21(27)16-4-6-17(24)7-5-16)22(28)23(29)26(20)10-2-9-25-11-13-30-14-12-25/h3-8,20,27H,2,9-14H2,1H3/t20-/m1/s1. The van der Waals surface area contributed by atoms with Gasteiger partial charge in [0.1, 0.15) is 29.1 Å². The highest BCUT2D eigenvalue weighted by molar-refractivity contribution is 6.46. The first-order valence-electron chi connectivity index (χ1n) is 10.4. The number of ketones is 1. The number of hydrogen-bond acceptors (Lipinski definition) is 6. The highest BCUT2D eigenvalue weighted by atomic mass is 19.1. The molecule has 0 unspecified atom stereocenters. The number of rotatable bonds is 6. The first kappa shape index (κ1) is 21.3. The third kappa shape index (κ3) is 4.40. The second-order valence-electron chi connectivity index (χ2n) is 7.76. The predicted molar refractivity (Wildman–Crippen MR) is 111 cm³/mol. The molecule has 1 aromatic carbocycles. The van der Waals surface area contributed by atoms with Crippen molar-refractivity contribution < 1.29 is 28.2 Å². The lowest BCUT2D eigenvalue weighted by Crippen LogP contribution is -2.38. The van der Waals surface area contributed by atoms with E-state index < -0.39 is 23.5 Å². The molecule has 0 saturated carbocycles. The molecule has 2 aliphatic rings. The molecule has 0 aliphatic carbocycles. The number of furan rings is 1. The number of aliphatic hydroxyl groups excluding tert-OH is 1. The van der Waals surface area contributed by atoms with Crippen molar-refractivity contribution in [3.05, 3.63) is 64.9 Å². The number of ether oxygens (including phenoxy) is 1. The Kier molecular flexibility index (Phi) is 6.20. The molecule has 3 heterocycles. The van der Waals surface area contributed by atoms with Gasteiger partial charge in [-0.2, -0.15) is 0 Å². The average Bonchev–Trinajstić information content (AvgIpc) is 3.30. The zero-order valence-electron chi connectivity index (χ0n) is 17.3. The van der Waals surface area contributed by atoms with Crippen LogP contribution in [0.1, 0.15) is 29.5 Å². The summed E-state index contributed by atoms with van der Waals surface area (Å²) in [4.78, 5) is 29.5. The molecule has 2 fully saturated rings. The van der Waals surface area contributed by atoms with Gasteiger partial charge in [0.25, 0.3) is 11.7 Å². The maximum absolute atomic E-state index is 13.3. The SMILES string of the molecule is Cc1ccc([C@@H]2C(=C(O)c3ccc(F)cc3)C(=O)C(=O)N2CCCN2CCOCC2)o1. The van der Waals surface area contributed by atoms with Crippen LogP contribution in [0.3, 0.4) is 0 Å². The number of aryl methyl sites for hydroxylation is 1. The van der Waals surface area contributed by atoms with Gasteiger partial charge in [-0.3, -0.25) is 14.5 Å². The van der Waals surface area contributed by atoms with Crippen molar-refractivity contribution in [3.63, 3.8) is 0 Å². The minimum absolute atomic E-state index is 0.0441. The number of hydrogen-bond donors (Lipinski definition) is 1. The second-order valence-corrected chi connectivity index (χ2v) is 7.76. The smallest absolute Gasteiger partial charge is 0.295 e. The third-order valence-corrected chi connectivity index (χ3v) is 5.67. The Bertz CT molecular complexity index is 992. The molecule has 164 valence electrons. The maximum Gasteiger partial charge on any atom is 0.295 e. The van der Waals surface area contributed by atoms with Crippen LogP contribution in [-0.4, -0.2) is 66.0 Å². The molecule has 1 N–H and O–H groups in total. The number of Topliss-reactive ketones (excluding diaryl/α,β-unsaturated/α-hetero) is 1. The first-order valence-corrected chi connectivity index (χ1v) is 10.4. The number of halogens is 1. The summed E-state index contributed by atoms with van der Waals surface area (Å²) in [7, 11) is 0. The second kappa shape index (κ2) is 9.03. The van der Waals surface area contributed by atoms with Crippen LogP contribution in [0, 0.1) is 12.7 Å². The number of carbonyl (C=O) groups is 2. The summed E-state index contributed by atoms with van der Waals surface area (Å²) >= 11 is 0. The van der Waals surface area contributed by atoms with E-state index in [0.717, 1.165) is 19.6 Å². The fraction of sp³-hybridized carbons (Fsp3) is 0.391. The van der Waals surface area contributed by atoms with Crippen molar-refractivity contribution in [2.75, 3.05) is 39.4 Å². The van der Waals surface area contributed by atoms with Gasteiger partial charge in [0.2, 0.25) is 0 Å². The molecule has 4 rings (SSSR count). The van der Waals surface area contributed by atoms with Gasteiger partial charge in [0.05, 0.1) is 18.8 Å². The number of aliphatic hydroxyl groups is 1. The summed E-state index contributed by atoms with van der Waals surface area (Å²) in [5.74, 6) is -1.20. The zero-order chi connectivity index (χ0) is 22.0. The number of benzene rings is 1. The lowest BCUT2D eigenvalue weighted by molar-refractivity contribution is -0.140. The van der Waals surface area contributed by atoms with Crippen LogP contribution < -0.4 is 0 Å². The van der Waals surface area contributed by atoms with Crippen LogP contribution in [-0.2, 0) is 14.3 Å². The quantitative estimate of drug-likeness (QED) is 0.433. The van der Waals surface area contributed by atoms with Gasteiger partial charge in [-0.25, -0.2) is 4.39 Å². The summed E-state index contributed by atoms with van der Waals surface area (Å²) < 4.78 is 24.4. The summed E-state index contributed by atoms with van der Waals surface area (Å²) in [6.45, 7) is 5.94. The van der Waals surface area contributed by atoms with E-state index in [9.17, 15) is 19.1 Å². The molecule has 2 aliphatic heterocycles. The Hall–Kier alpha value is -2.97. The molecule has 8 heteroatoms. The minimum Gasteiger partial charge on any atom is -0.507 e. The van der Waals surface area contributed by atoms with Gasteiger partial charge >= 0.3 is 0 Å². The Labute approximate surface area is 179 Å². The monoisotopic (exact) mass is 428 g/mol. The highest BCUT2D eigenvalue weighted by Gasteiger charge is 2.47. The zero-order valence-corrected chi connectivity index (χ0v) is 17.3. The number of carbonyl (C=O) groups excluding carboxylic acids is 2. The molecule has 1 aromatic heterocycles. The van der Waals surface area contributed by atoms with Gasteiger partial charge in [-0.05, 0) is 49.7 Å². The topological polar surface area (TPSA) is 83.2 Å². The van der Waals surface area contributed by atoms with Crippen LogP contribution in [0.25, 0.3) is 5.76 Å². The predicted octanol–water partition coefficient (Wildman–Crippen LogP) is 2.87. The molecule has 0 spiro atoms. The first-order chi connectivity index (χ1) is 15.0. The van der Waals surface area contributed by atoms with Crippen LogP contribution in [0.4, 0.5) is 4.39 Å². The fourth-order valence-electron chi connectivity index (χ4n) is 4.06. The van der Waals surface area contributed by atoms with Crippen molar-refractivity contribution in [2.45, 2.75) is 19.4 Å². The molecule has 7 nitrogen and oxygen atoms in total. The van der Waals surface area contributed by atoms with Gasteiger partial charge < -0.3 is 19.2 Å². The van der Waals surface area contributed by atoms with E-state index in [-0.39, 0.29) is 16.9 Å². The molecule has 2 aromatic rings. The summed E-state index contributed by atoms with van der Waals surface area (Å²) in [6.07, 6.45) is 0.666. The van der Waals surface area contributed by atoms with Gasteiger partial charge in [-0.15, -0.1) is 0 Å². The van der Waals surface area contributed by atoms with E-state index in [1.54, 1.807) is 19.1 Å². The van der Waals surface area contributed by atoms with E-state index in [0.29, 0.717) is 37.7 Å². The van der Waals surface area contributed by atoms with Gasteiger partial charge in [0.15, 0.2) is 0 Å². The van der Waals surface area contributed by atoms with Gasteiger partial charge in [0, 0.05) is 31.7 Å². The van der Waals surface area contributed by atoms with Crippen LogP contribution in [0.2, 0.25) is 0 Å². The minimum atomic E-state index is -0.830. The molecule has 1 atom stereocenters. The van der Waals surface area contributed by atoms with Crippen molar-refractivity contribution in [2.24, 2.45) is 0 Å². The highest BCUT2D eigenvalue weighted by Crippen LogP contribution is 2.40. The van der Waals surface area contributed by atoms with E-state index in [4.69, 9.17) is 9.15 Å². The van der Waals surface area contributed by atoms with Crippen LogP contribution in [0.5, 0.6) is 0 Å². The van der Waals surface area contributed by atoms with Crippen molar-refractivity contribution in [3.8, 4) is 0 Å². The number of likely N-dealkylation sites (tertiary alicyclic amines) is 1. The molecule has 0 bridgehead atoms. The number of amides is 1. The Morgan fingerprint density at radius 2 is 1.81 bits per heavy atom. The maximum atomic E-state index is 13.3. The Morgan fingerprint density at radius 3 is 2.45 bits per heavy atom. The average molecular weight is 428 g/mol. The lowest BCUT2D eigenvalue weighted by Gasteiger charge is -2.28. The third-order valence-electron chi connectivity index (χ3n) is 5.67. The fourth-order valence-corrected chi connectivity index (χ4v) is 4.06. The van der Waals surface area contributed by atoms with E-state index >= 15 is 0 Å². The van der Waals surface area contributed by atoms with Crippen molar-refractivity contribution in [1.82, 2.24) is 9.80 Å². The van der Waals surface area contributed by atoms with Gasteiger partial charge in [-0.1, -0.05) is 0 Å². The van der Waals surface area contributed by atoms with Crippen molar-refractivity contribution >= 4 is 17.4 Å². The Morgan fingerprint density at radius 1 is 1.10 bits per heavy atom. The molecule has 0 radical (unpaired) electrons. The summed E-state index contributed by atoms with van der Waals surface area (Å²) in [5, 5.41) is 10.9. The molecular weight excluding hydrogens is 403 g/mol. The number of morpholine rings is 1. The molecule has 31 heavy (non-hydrogen) atoms. The molecular formula is C23H25FN2O5. The van der Waals surface area contributed by atoms with E-state index in [1.807, 2.05) is 0 Å². The molecule has 1 amide bonds. The van der Waals surface area contributed by atoms with Crippen LogP contribution >= 0.6 is 0 Å². The van der Waals surface area contributed by atoms with E-state index in [2.05, 4.69) is 4.90 Å². The lowest BCUT2D eigenvalue weighted by atomic mass is 9.99. The number of nitrogens with zero attached hydrogens (tertiary/aromatic N) is 2. The normalized spacial score (nSPS) is 21.7. The Balaban J connectivity index is 1.64.